The summed E-state index contributed by atoms with van der Waals surface area (Å²) in [4.78, 5) is 19.1. The second-order valence-electron chi connectivity index (χ2n) is 9.36. The highest BCUT2D eigenvalue weighted by Crippen LogP contribution is 2.35. The molecule has 1 aliphatic rings. The number of nitrogens with one attached hydrogen (secondary N) is 2. The molecule has 1 saturated heterocycles. The molecule has 1 fully saturated rings. The van der Waals surface area contributed by atoms with Crippen LogP contribution in [0.1, 0.15) is 18.9 Å². The summed E-state index contributed by atoms with van der Waals surface area (Å²) in [5.41, 5.74) is 4.11. The highest BCUT2D eigenvalue weighted by molar-refractivity contribution is 6.35. The SMILES string of the molecule is CCCN(c1ccc2[nH]cc(Cl)c2c1)c1nc(Nc2ccc(N3CCN(C)CC3)cc2OC)ncc1C#N. The Morgan fingerprint density at radius 1 is 1.18 bits per heavy atom. The van der Waals surface area contributed by atoms with Gasteiger partial charge in [0.1, 0.15) is 17.4 Å². The number of piperazine rings is 1. The third kappa shape index (κ3) is 5.19. The molecule has 2 aromatic carbocycles. The summed E-state index contributed by atoms with van der Waals surface area (Å²) >= 11 is 6.39. The number of nitriles is 1. The number of benzene rings is 2. The Labute approximate surface area is 227 Å². The van der Waals surface area contributed by atoms with E-state index in [9.17, 15) is 5.26 Å². The van der Waals surface area contributed by atoms with Crippen LogP contribution in [-0.4, -0.2) is 66.7 Å². The van der Waals surface area contributed by atoms with Crippen molar-refractivity contribution in [3.8, 4) is 11.8 Å². The standard InChI is InChI=1S/C28H31ClN8O/c1-4-9-37(21-6-7-24-22(14-21)23(29)18-31-24)27-19(16-30)17-32-28(34-27)33-25-8-5-20(15-26(25)38-3)36-12-10-35(2)11-13-36/h5-8,14-15,17-18,31H,4,9-13H2,1-3H3,(H,32,33,34). The Morgan fingerprint density at radius 3 is 2.74 bits per heavy atom. The van der Waals surface area contributed by atoms with Gasteiger partial charge in [0.2, 0.25) is 5.95 Å². The van der Waals surface area contributed by atoms with Crippen LogP contribution in [0.3, 0.4) is 0 Å². The van der Waals surface area contributed by atoms with Crippen LogP contribution in [0.15, 0.2) is 48.8 Å². The van der Waals surface area contributed by atoms with Gasteiger partial charge in [0.25, 0.3) is 0 Å². The van der Waals surface area contributed by atoms with Gasteiger partial charge in [0.05, 0.1) is 24.0 Å². The largest absolute Gasteiger partial charge is 0.494 e. The molecule has 5 rings (SSSR count). The molecule has 10 heteroatoms. The molecule has 0 atom stereocenters. The average molecular weight is 531 g/mol. The number of likely N-dealkylation sites (N-methyl/N-ethyl adjacent to an activating group) is 1. The zero-order chi connectivity index (χ0) is 26.6. The molecule has 2 aromatic heterocycles. The van der Waals surface area contributed by atoms with Crippen molar-refractivity contribution in [2.75, 3.05) is 62.0 Å². The fourth-order valence-corrected chi connectivity index (χ4v) is 4.92. The van der Waals surface area contributed by atoms with E-state index in [1.807, 2.05) is 35.2 Å². The second kappa shape index (κ2) is 11.2. The number of methoxy groups -OCH3 is 1. The normalized spacial score (nSPS) is 13.9. The highest BCUT2D eigenvalue weighted by atomic mass is 35.5. The summed E-state index contributed by atoms with van der Waals surface area (Å²) in [7, 11) is 3.80. The smallest absolute Gasteiger partial charge is 0.229 e. The number of rotatable bonds is 8. The predicted octanol–water partition coefficient (Wildman–Crippen LogP) is 5.54. The maximum Gasteiger partial charge on any atom is 0.229 e. The number of halogens is 1. The van der Waals surface area contributed by atoms with Crippen molar-refractivity contribution >= 4 is 51.3 Å². The third-order valence-electron chi connectivity index (χ3n) is 6.82. The van der Waals surface area contributed by atoms with Crippen molar-refractivity contribution in [2.24, 2.45) is 0 Å². The minimum absolute atomic E-state index is 0.381. The Bertz CT molecular complexity index is 1470. The molecular formula is C28H31ClN8O. The van der Waals surface area contributed by atoms with E-state index >= 15 is 0 Å². The zero-order valence-corrected chi connectivity index (χ0v) is 22.6. The number of aromatic nitrogens is 3. The van der Waals surface area contributed by atoms with E-state index in [0.29, 0.717) is 34.6 Å². The van der Waals surface area contributed by atoms with Crippen molar-refractivity contribution in [3.05, 3.63) is 59.4 Å². The van der Waals surface area contributed by atoms with Crippen molar-refractivity contribution < 1.29 is 4.74 Å². The lowest BCUT2D eigenvalue weighted by atomic mass is 10.2. The number of aromatic amines is 1. The number of hydrogen-bond donors (Lipinski definition) is 2. The summed E-state index contributed by atoms with van der Waals surface area (Å²) in [6.45, 7) is 6.77. The molecule has 4 aromatic rings. The quantitative estimate of drug-likeness (QED) is 0.307. The number of H-pyrrole nitrogens is 1. The second-order valence-corrected chi connectivity index (χ2v) is 9.77. The van der Waals surface area contributed by atoms with Gasteiger partial charge in [-0.05, 0) is 43.8 Å². The van der Waals surface area contributed by atoms with Crippen molar-refractivity contribution in [1.29, 1.82) is 5.26 Å². The van der Waals surface area contributed by atoms with Crippen LogP contribution in [0.4, 0.5) is 28.8 Å². The number of ether oxygens (including phenoxy) is 1. The fraction of sp³-hybridized carbons (Fsp3) is 0.321. The Balaban J connectivity index is 1.46. The van der Waals surface area contributed by atoms with E-state index in [2.05, 4.69) is 51.2 Å². The molecule has 2 N–H and O–H groups in total. The van der Waals surface area contributed by atoms with Crippen LogP contribution in [0.2, 0.25) is 5.02 Å². The Morgan fingerprint density at radius 2 is 2.00 bits per heavy atom. The van der Waals surface area contributed by atoms with Gasteiger partial charge in [-0.3, -0.25) is 0 Å². The van der Waals surface area contributed by atoms with Gasteiger partial charge < -0.3 is 29.7 Å². The maximum atomic E-state index is 9.87. The Kier molecular flexibility index (Phi) is 7.54. The first-order valence-corrected chi connectivity index (χ1v) is 13.1. The van der Waals surface area contributed by atoms with Crippen LogP contribution in [0.25, 0.3) is 10.9 Å². The zero-order valence-electron chi connectivity index (χ0n) is 21.8. The van der Waals surface area contributed by atoms with Crippen LogP contribution in [-0.2, 0) is 0 Å². The minimum Gasteiger partial charge on any atom is -0.494 e. The summed E-state index contributed by atoms with van der Waals surface area (Å²) < 4.78 is 5.71. The van der Waals surface area contributed by atoms with E-state index in [1.54, 1.807) is 19.5 Å². The lowest BCUT2D eigenvalue weighted by molar-refractivity contribution is 0.312. The monoisotopic (exact) mass is 530 g/mol. The molecule has 196 valence electrons. The van der Waals surface area contributed by atoms with Gasteiger partial charge in [-0.25, -0.2) is 4.98 Å². The van der Waals surface area contributed by atoms with E-state index < -0.39 is 0 Å². The molecule has 3 heterocycles. The first-order chi connectivity index (χ1) is 18.5. The fourth-order valence-electron chi connectivity index (χ4n) is 4.71. The number of fused-ring (bicyclic) bond motifs is 1. The number of nitrogens with zero attached hydrogens (tertiary/aromatic N) is 6. The summed E-state index contributed by atoms with van der Waals surface area (Å²) in [6, 6.07) is 14.4. The van der Waals surface area contributed by atoms with Gasteiger partial charge in [0, 0.05) is 67.3 Å². The van der Waals surface area contributed by atoms with E-state index in [1.165, 1.54) is 0 Å². The van der Waals surface area contributed by atoms with Crippen LogP contribution in [0.5, 0.6) is 5.75 Å². The lowest BCUT2D eigenvalue weighted by Gasteiger charge is -2.34. The summed E-state index contributed by atoms with van der Waals surface area (Å²) in [5, 5.41) is 14.7. The summed E-state index contributed by atoms with van der Waals surface area (Å²) in [5.74, 6) is 1.62. The summed E-state index contributed by atoms with van der Waals surface area (Å²) in [6.07, 6.45) is 4.19. The van der Waals surface area contributed by atoms with Gasteiger partial charge in [-0.2, -0.15) is 10.2 Å². The molecule has 0 unspecified atom stereocenters. The minimum atomic E-state index is 0.381. The topological polar surface area (TPSA) is 96.3 Å². The Hall–Kier alpha value is -4.00. The predicted molar refractivity (Wildman–Crippen MR) is 153 cm³/mol. The van der Waals surface area contributed by atoms with Crippen molar-refractivity contribution in [3.63, 3.8) is 0 Å². The maximum absolute atomic E-state index is 9.87. The first kappa shape index (κ1) is 25.6. The molecule has 0 radical (unpaired) electrons. The third-order valence-corrected chi connectivity index (χ3v) is 7.13. The molecular weight excluding hydrogens is 500 g/mol. The molecule has 0 aliphatic carbocycles. The highest BCUT2D eigenvalue weighted by Gasteiger charge is 2.19. The van der Waals surface area contributed by atoms with Gasteiger partial charge >= 0.3 is 0 Å². The van der Waals surface area contributed by atoms with Gasteiger partial charge in [-0.15, -0.1) is 0 Å². The van der Waals surface area contributed by atoms with Gasteiger partial charge in [0.15, 0.2) is 5.82 Å². The first-order valence-electron chi connectivity index (χ1n) is 12.7. The van der Waals surface area contributed by atoms with E-state index in [0.717, 1.165) is 60.6 Å². The number of hydrogen-bond acceptors (Lipinski definition) is 8. The van der Waals surface area contributed by atoms with Crippen LogP contribution >= 0.6 is 11.6 Å². The van der Waals surface area contributed by atoms with E-state index in [-0.39, 0.29) is 0 Å². The molecule has 0 bridgehead atoms. The van der Waals surface area contributed by atoms with E-state index in [4.69, 9.17) is 21.3 Å². The molecule has 9 nitrogen and oxygen atoms in total. The van der Waals surface area contributed by atoms with Crippen LogP contribution in [0, 0.1) is 11.3 Å². The van der Waals surface area contributed by atoms with Gasteiger partial charge in [-0.1, -0.05) is 18.5 Å². The lowest BCUT2D eigenvalue weighted by Crippen LogP contribution is -2.44. The molecule has 0 saturated carbocycles. The average Bonchev–Trinajstić information content (AvgIpc) is 3.32. The van der Waals surface area contributed by atoms with Crippen LogP contribution < -0.4 is 19.9 Å². The number of anilines is 5. The molecule has 1 aliphatic heterocycles. The molecule has 0 amide bonds. The van der Waals surface area contributed by atoms with Crippen molar-refractivity contribution in [1.82, 2.24) is 19.9 Å². The molecule has 0 spiro atoms. The molecule has 38 heavy (non-hydrogen) atoms. The van der Waals surface area contributed by atoms with Crippen molar-refractivity contribution in [2.45, 2.75) is 13.3 Å².